The Balaban J connectivity index is 2.40. The van der Waals surface area contributed by atoms with Gasteiger partial charge in [-0.05, 0) is 35.9 Å². The van der Waals surface area contributed by atoms with Crippen molar-refractivity contribution in [1.82, 2.24) is 0 Å². The third-order valence-corrected chi connectivity index (χ3v) is 4.08. The number of rotatable bonds is 4. The molecule has 0 saturated heterocycles. The number of hydrogen-bond acceptors (Lipinski definition) is 2. The molecule has 0 aliphatic rings. The molecular weight excluding hydrogens is 370 g/mol. The van der Waals surface area contributed by atoms with Crippen molar-refractivity contribution in [2.24, 2.45) is 0 Å². The van der Waals surface area contributed by atoms with Crippen LogP contribution in [0.4, 0.5) is 11.4 Å². The number of nitrogens with zero attached hydrogens (tertiary/aromatic N) is 1. The van der Waals surface area contributed by atoms with Gasteiger partial charge in [0.25, 0.3) is 0 Å². The van der Waals surface area contributed by atoms with Crippen LogP contribution in [0.1, 0.15) is 5.56 Å². The highest BCUT2D eigenvalue weighted by molar-refractivity contribution is 9.10. The zero-order chi connectivity index (χ0) is 13.8. The Morgan fingerprint density at radius 2 is 1.95 bits per heavy atom. The molecule has 0 unspecified atom stereocenters. The molecular formula is C15H15Br2NO. The van der Waals surface area contributed by atoms with Crippen LogP contribution in [-0.2, 0) is 5.33 Å². The van der Waals surface area contributed by atoms with Crippen molar-refractivity contribution in [3.05, 3.63) is 52.5 Å². The molecule has 0 fully saturated rings. The third-order valence-electron chi connectivity index (χ3n) is 2.99. The van der Waals surface area contributed by atoms with E-state index in [4.69, 9.17) is 4.74 Å². The molecule has 0 aliphatic carbocycles. The second kappa shape index (κ2) is 6.44. The highest BCUT2D eigenvalue weighted by atomic mass is 79.9. The summed E-state index contributed by atoms with van der Waals surface area (Å²) in [7, 11) is 3.74. The van der Waals surface area contributed by atoms with E-state index in [1.54, 1.807) is 7.11 Å². The van der Waals surface area contributed by atoms with Crippen molar-refractivity contribution in [2.45, 2.75) is 5.33 Å². The molecule has 2 rings (SSSR count). The lowest BCUT2D eigenvalue weighted by Crippen LogP contribution is -2.11. The van der Waals surface area contributed by atoms with E-state index in [-0.39, 0.29) is 0 Å². The molecule has 0 atom stereocenters. The molecule has 2 aromatic carbocycles. The van der Waals surface area contributed by atoms with Crippen molar-refractivity contribution >= 4 is 43.2 Å². The average molecular weight is 385 g/mol. The van der Waals surface area contributed by atoms with E-state index in [1.807, 2.05) is 18.2 Å². The SMILES string of the molecule is COc1cccc(N(C)c2ccc(Br)cc2CBr)c1. The summed E-state index contributed by atoms with van der Waals surface area (Å²) >= 11 is 7.05. The smallest absolute Gasteiger partial charge is 0.120 e. The Kier molecular flexibility index (Phi) is 4.88. The molecule has 0 spiro atoms. The number of ether oxygens (including phenoxy) is 1. The second-order valence-corrected chi connectivity index (χ2v) is 5.64. The van der Waals surface area contributed by atoms with Gasteiger partial charge in [-0.3, -0.25) is 0 Å². The summed E-state index contributed by atoms with van der Waals surface area (Å²) < 4.78 is 6.36. The minimum absolute atomic E-state index is 0.816. The maximum Gasteiger partial charge on any atom is 0.120 e. The first-order valence-electron chi connectivity index (χ1n) is 5.88. The topological polar surface area (TPSA) is 12.5 Å². The number of alkyl halides is 1. The number of benzene rings is 2. The molecule has 2 aromatic rings. The Morgan fingerprint density at radius 3 is 2.63 bits per heavy atom. The van der Waals surface area contributed by atoms with E-state index < -0.39 is 0 Å². The minimum Gasteiger partial charge on any atom is -0.497 e. The van der Waals surface area contributed by atoms with Crippen molar-refractivity contribution in [3.8, 4) is 5.75 Å². The number of methoxy groups -OCH3 is 1. The molecule has 100 valence electrons. The fourth-order valence-electron chi connectivity index (χ4n) is 1.95. The fraction of sp³-hybridized carbons (Fsp3) is 0.200. The van der Waals surface area contributed by atoms with Gasteiger partial charge in [-0.25, -0.2) is 0 Å². The van der Waals surface area contributed by atoms with E-state index >= 15 is 0 Å². The van der Waals surface area contributed by atoms with Crippen molar-refractivity contribution in [1.29, 1.82) is 0 Å². The van der Waals surface area contributed by atoms with E-state index in [1.165, 1.54) is 11.3 Å². The molecule has 0 bridgehead atoms. The zero-order valence-electron chi connectivity index (χ0n) is 10.9. The summed E-state index contributed by atoms with van der Waals surface area (Å²) in [6.07, 6.45) is 0. The lowest BCUT2D eigenvalue weighted by molar-refractivity contribution is 0.415. The molecule has 0 aromatic heterocycles. The first-order valence-corrected chi connectivity index (χ1v) is 7.79. The van der Waals surface area contributed by atoms with Crippen LogP contribution in [0.25, 0.3) is 0 Å². The molecule has 0 radical (unpaired) electrons. The number of hydrogen-bond donors (Lipinski definition) is 0. The van der Waals surface area contributed by atoms with Crippen LogP contribution in [-0.4, -0.2) is 14.2 Å². The Labute approximate surface area is 130 Å². The number of halogens is 2. The average Bonchev–Trinajstić information content (AvgIpc) is 2.46. The quantitative estimate of drug-likeness (QED) is 0.678. The van der Waals surface area contributed by atoms with Crippen LogP contribution < -0.4 is 9.64 Å². The minimum atomic E-state index is 0.816. The fourth-order valence-corrected chi connectivity index (χ4v) is 2.80. The van der Waals surface area contributed by atoms with Crippen LogP contribution in [0.5, 0.6) is 5.75 Å². The van der Waals surface area contributed by atoms with Crippen LogP contribution >= 0.6 is 31.9 Å². The van der Waals surface area contributed by atoms with Crippen LogP contribution in [0.2, 0.25) is 0 Å². The molecule has 0 N–H and O–H groups in total. The van der Waals surface area contributed by atoms with Gasteiger partial charge in [0, 0.05) is 34.3 Å². The molecule has 0 saturated carbocycles. The van der Waals surface area contributed by atoms with Gasteiger partial charge in [-0.15, -0.1) is 0 Å². The standard InChI is InChI=1S/C15H15Br2NO/c1-18(13-4-3-5-14(9-13)19-2)15-7-6-12(17)8-11(15)10-16/h3-9H,10H2,1-2H3. The van der Waals surface area contributed by atoms with E-state index in [9.17, 15) is 0 Å². The molecule has 4 heteroatoms. The summed E-state index contributed by atoms with van der Waals surface area (Å²) in [4.78, 5) is 2.16. The monoisotopic (exact) mass is 383 g/mol. The largest absolute Gasteiger partial charge is 0.497 e. The van der Waals surface area contributed by atoms with E-state index in [0.29, 0.717) is 0 Å². The predicted molar refractivity (Wildman–Crippen MR) is 87.8 cm³/mol. The highest BCUT2D eigenvalue weighted by Crippen LogP contribution is 2.32. The summed E-state index contributed by atoms with van der Waals surface area (Å²) in [5, 5.41) is 0.816. The zero-order valence-corrected chi connectivity index (χ0v) is 14.0. The normalized spacial score (nSPS) is 10.3. The predicted octanol–water partition coefficient (Wildman–Crippen LogP) is 5.12. The van der Waals surface area contributed by atoms with Crippen LogP contribution in [0.3, 0.4) is 0 Å². The van der Waals surface area contributed by atoms with Crippen molar-refractivity contribution < 1.29 is 4.74 Å². The maximum atomic E-state index is 5.27. The Hall–Kier alpha value is -1.000. The summed E-state index contributed by atoms with van der Waals surface area (Å²) in [5.41, 5.74) is 3.51. The lowest BCUT2D eigenvalue weighted by Gasteiger charge is -2.22. The first-order chi connectivity index (χ1) is 9.15. The van der Waals surface area contributed by atoms with Gasteiger partial charge in [0.2, 0.25) is 0 Å². The van der Waals surface area contributed by atoms with Gasteiger partial charge in [0.1, 0.15) is 5.75 Å². The molecule has 19 heavy (non-hydrogen) atoms. The van der Waals surface area contributed by atoms with Crippen LogP contribution in [0, 0.1) is 0 Å². The van der Waals surface area contributed by atoms with Gasteiger partial charge in [-0.1, -0.05) is 37.9 Å². The van der Waals surface area contributed by atoms with Crippen LogP contribution in [0.15, 0.2) is 46.9 Å². The van der Waals surface area contributed by atoms with Crippen molar-refractivity contribution in [2.75, 3.05) is 19.1 Å². The lowest BCUT2D eigenvalue weighted by atomic mass is 10.1. The van der Waals surface area contributed by atoms with Gasteiger partial charge >= 0.3 is 0 Å². The van der Waals surface area contributed by atoms with E-state index in [2.05, 4.69) is 68.1 Å². The summed E-state index contributed by atoms with van der Waals surface area (Å²) in [6, 6.07) is 14.3. The molecule has 0 aliphatic heterocycles. The second-order valence-electron chi connectivity index (χ2n) is 4.17. The highest BCUT2D eigenvalue weighted by Gasteiger charge is 2.09. The summed E-state index contributed by atoms with van der Waals surface area (Å²) in [5.74, 6) is 0.863. The third kappa shape index (κ3) is 3.31. The van der Waals surface area contributed by atoms with Gasteiger partial charge in [-0.2, -0.15) is 0 Å². The Bertz CT molecular complexity index is 572. The Morgan fingerprint density at radius 1 is 1.16 bits per heavy atom. The maximum absolute atomic E-state index is 5.27. The van der Waals surface area contributed by atoms with E-state index in [0.717, 1.165) is 21.2 Å². The molecule has 0 amide bonds. The number of anilines is 2. The molecule has 2 nitrogen and oxygen atoms in total. The van der Waals surface area contributed by atoms with Gasteiger partial charge in [0.05, 0.1) is 7.11 Å². The first kappa shape index (κ1) is 14.4. The molecule has 0 heterocycles. The van der Waals surface area contributed by atoms with Gasteiger partial charge < -0.3 is 9.64 Å². The van der Waals surface area contributed by atoms with Gasteiger partial charge in [0.15, 0.2) is 0 Å². The summed E-state index contributed by atoms with van der Waals surface area (Å²) in [6.45, 7) is 0. The van der Waals surface area contributed by atoms with Crippen molar-refractivity contribution in [3.63, 3.8) is 0 Å².